The van der Waals surface area contributed by atoms with E-state index in [-0.39, 0.29) is 37.0 Å². The number of hydrogen-bond acceptors (Lipinski definition) is 9. The van der Waals surface area contributed by atoms with Gasteiger partial charge in [0.15, 0.2) is 11.5 Å². The largest absolute Gasteiger partial charge is 0.454 e. The Labute approximate surface area is 210 Å². The monoisotopic (exact) mass is 510 g/mol. The predicted octanol–water partition coefficient (Wildman–Crippen LogP) is 2.93. The smallest absolute Gasteiger partial charge is 0.267 e. The van der Waals surface area contributed by atoms with Crippen molar-refractivity contribution >= 4 is 51.7 Å². The summed E-state index contributed by atoms with van der Waals surface area (Å²) in [6.07, 6.45) is 3.75. The Kier molecular flexibility index (Phi) is 6.46. The first kappa shape index (κ1) is 23.3. The molecule has 1 saturated heterocycles. The third kappa shape index (κ3) is 4.62. The molecule has 9 nitrogen and oxygen atoms in total. The molecule has 180 valence electrons. The lowest BCUT2D eigenvalue weighted by atomic mass is 10.2. The van der Waals surface area contributed by atoms with Crippen LogP contribution in [0.3, 0.4) is 0 Å². The number of aliphatic hydroxyl groups is 1. The summed E-state index contributed by atoms with van der Waals surface area (Å²) < 4.78 is 12.6. The zero-order valence-corrected chi connectivity index (χ0v) is 20.4. The van der Waals surface area contributed by atoms with Gasteiger partial charge >= 0.3 is 0 Å². The number of rotatable bonds is 7. The first-order chi connectivity index (χ1) is 16.9. The number of nitrogens with zero attached hydrogens (tertiary/aromatic N) is 3. The number of fused-ring (bicyclic) bond motifs is 2. The highest BCUT2D eigenvalue weighted by atomic mass is 32.2. The minimum absolute atomic E-state index is 0.00656. The number of ether oxygens (including phenoxy) is 2. The Morgan fingerprint density at radius 3 is 2.89 bits per heavy atom. The van der Waals surface area contributed by atoms with E-state index in [9.17, 15) is 9.59 Å². The normalized spacial score (nSPS) is 16.1. The second-order valence-electron chi connectivity index (χ2n) is 8.07. The third-order valence-corrected chi connectivity index (χ3v) is 6.94. The number of pyridine rings is 1. The summed E-state index contributed by atoms with van der Waals surface area (Å²) in [6, 6.07) is 9.14. The van der Waals surface area contributed by atoms with Crippen molar-refractivity contribution in [2.24, 2.45) is 0 Å². The Bertz CT molecular complexity index is 1440. The van der Waals surface area contributed by atoms with Crippen LogP contribution in [0.5, 0.6) is 11.5 Å². The molecular formula is C24H22N4O5S2. The molecule has 0 saturated carbocycles. The molecule has 4 heterocycles. The lowest BCUT2D eigenvalue weighted by Gasteiger charge is -2.15. The van der Waals surface area contributed by atoms with E-state index in [0.717, 1.165) is 22.9 Å². The average molecular weight is 511 g/mol. The van der Waals surface area contributed by atoms with Crippen LogP contribution >= 0.6 is 24.0 Å². The van der Waals surface area contributed by atoms with Crippen LogP contribution in [-0.4, -0.2) is 49.6 Å². The van der Waals surface area contributed by atoms with Gasteiger partial charge in [0.05, 0.1) is 17.0 Å². The molecule has 2 aliphatic rings. The van der Waals surface area contributed by atoms with Crippen LogP contribution in [-0.2, 0) is 11.3 Å². The number of aryl methyl sites for hydroxylation is 1. The molecule has 11 heteroatoms. The van der Waals surface area contributed by atoms with Gasteiger partial charge in [-0.25, -0.2) is 4.98 Å². The van der Waals surface area contributed by atoms with Gasteiger partial charge in [-0.15, -0.1) is 0 Å². The maximum Gasteiger partial charge on any atom is 0.267 e. The highest BCUT2D eigenvalue weighted by Gasteiger charge is 2.33. The van der Waals surface area contributed by atoms with Gasteiger partial charge in [0.1, 0.15) is 15.8 Å². The fraction of sp³-hybridized carbons (Fsp3) is 0.250. The van der Waals surface area contributed by atoms with Crippen molar-refractivity contribution in [3.8, 4) is 11.5 Å². The van der Waals surface area contributed by atoms with Crippen molar-refractivity contribution in [3.05, 3.63) is 68.5 Å². The van der Waals surface area contributed by atoms with Crippen LogP contribution in [0.1, 0.15) is 23.1 Å². The van der Waals surface area contributed by atoms with Crippen molar-refractivity contribution in [1.29, 1.82) is 0 Å². The summed E-state index contributed by atoms with van der Waals surface area (Å²) >= 11 is 6.63. The zero-order valence-electron chi connectivity index (χ0n) is 18.8. The molecule has 0 bridgehead atoms. The van der Waals surface area contributed by atoms with E-state index in [2.05, 4.69) is 10.3 Å². The van der Waals surface area contributed by atoms with Crippen molar-refractivity contribution in [2.75, 3.05) is 25.3 Å². The number of carbonyl (C=O) groups is 1. The van der Waals surface area contributed by atoms with E-state index in [0.29, 0.717) is 45.2 Å². The van der Waals surface area contributed by atoms with E-state index in [1.54, 1.807) is 24.4 Å². The van der Waals surface area contributed by atoms with Gasteiger partial charge in [0, 0.05) is 19.3 Å². The molecule has 1 amide bonds. The summed E-state index contributed by atoms with van der Waals surface area (Å²) in [5, 5.41) is 12.3. The number of nitrogens with one attached hydrogen (secondary N) is 1. The zero-order chi connectivity index (χ0) is 24.5. The molecule has 2 N–H and O–H groups in total. The highest BCUT2D eigenvalue weighted by molar-refractivity contribution is 8.26. The van der Waals surface area contributed by atoms with Gasteiger partial charge in [-0.05, 0) is 48.7 Å². The molecule has 0 aliphatic carbocycles. The van der Waals surface area contributed by atoms with E-state index in [1.165, 1.54) is 9.30 Å². The van der Waals surface area contributed by atoms with Gasteiger partial charge in [-0.3, -0.25) is 18.9 Å². The molecule has 0 spiro atoms. The van der Waals surface area contributed by atoms with Crippen LogP contribution in [0.15, 0.2) is 46.2 Å². The van der Waals surface area contributed by atoms with Crippen molar-refractivity contribution in [3.63, 3.8) is 0 Å². The van der Waals surface area contributed by atoms with E-state index >= 15 is 0 Å². The quantitative estimate of drug-likeness (QED) is 0.282. The van der Waals surface area contributed by atoms with E-state index < -0.39 is 0 Å². The maximum absolute atomic E-state index is 13.4. The van der Waals surface area contributed by atoms with Crippen LogP contribution < -0.4 is 20.3 Å². The standard InChI is InChI=1S/C24H22N4O5S2/c1-14-3-6-20-26-21(25-7-2-8-29)16(22(30)27(20)11-14)10-19-23(31)28(24(34)35-19)12-15-4-5-17-18(9-15)33-13-32-17/h3-6,9-11,25,29H,2,7-8,12-13H2,1H3. The van der Waals surface area contributed by atoms with Crippen LogP contribution in [0.25, 0.3) is 11.7 Å². The van der Waals surface area contributed by atoms with Crippen molar-refractivity contribution in [2.45, 2.75) is 19.9 Å². The molecular weight excluding hydrogens is 488 g/mol. The van der Waals surface area contributed by atoms with Gasteiger partial charge in [-0.2, -0.15) is 0 Å². The topological polar surface area (TPSA) is 105 Å². The second kappa shape index (κ2) is 9.68. The molecule has 1 aromatic carbocycles. The first-order valence-corrected chi connectivity index (χ1v) is 12.2. The lowest BCUT2D eigenvalue weighted by Crippen LogP contribution is -2.27. The Hall–Kier alpha value is -3.41. The van der Waals surface area contributed by atoms with Crippen molar-refractivity contribution in [1.82, 2.24) is 14.3 Å². The summed E-state index contributed by atoms with van der Waals surface area (Å²) in [5.41, 5.74) is 2.20. The molecule has 0 atom stereocenters. The molecule has 5 rings (SSSR count). The number of amides is 1. The fourth-order valence-corrected chi connectivity index (χ4v) is 5.04. The molecule has 0 radical (unpaired) electrons. The average Bonchev–Trinajstić information content (AvgIpc) is 3.41. The molecule has 2 aliphatic heterocycles. The lowest BCUT2D eigenvalue weighted by molar-refractivity contribution is -0.122. The van der Waals surface area contributed by atoms with Gasteiger partial charge in [0.25, 0.3) is 11.5 Å². The summed E-state index contributed by atoms with van der Waals surface area (Å²) in [5.74, 6) is 1.37. The number of thioether (sulfide) groups is 1. The molecule has 2 aromatic heterocycles. The minimum Gasteiger partial charge on any atom is -0.454 e. The highest BCUT2D eigenvalue weighted by Crippen LogP contribution is 2.36. The first-order valence-electron chi connectivity index (χ1n) is 11.0. The third-order valence-electron chi connectivity index (χ3n) is 5.56. The van der Waals surface area contributed by atoms with Gasteiger partial charge in [0.2, 0.25) is 6.79 Å². The van der Waals surface area contributed by atoms with Crippen LogP contribution in [0.4, 0.5) is 5.82 Å². The Morgan fingerprint density at radius 2 is 2.06 bits per heavy atom. The number of thiocarbonyl (C=S) groups is 1. The molecule has 35 heavy (non-hydrogen) atoms. The summed E-state index contributed by atoms with van der Waals surface area (Å²) in [4.78, 5) is 33.1. The van der Waals surface area contributed by atoms with Crippen LogP contribution in [0.2, 0.25) is 0 Å². The number of hydrogen-bond donors (Lipinski definition) is 2. The number of carbonyl (C=O) groups excluding carboxylic acids is 1. The number of anilines is 1. The number of aliphatic hydroxyl groups excluding tert-OH is 1. The second-order valence-corrected chi connectivity index (χ2v) is 9.75. The number of benzene rings is 1. The fourth-order valence-electron chi connectivity index (χ4n) is 3.80. The van der Waals surface area contributed by atoms with Crippen molar-refractivity contribution < 1.29 is 19.4 Å². The maximum atomic E-state index is 13.4. The van der Waals surface area contributed by atoms with E-state index in [4.69, 9.17) is 26.8 Å². The predicted molar refractivity (Wildman–Crippen MR) is 138 cm³/mol. The molecule has 1 fully saturated rings. The minimum atomic E-state index is -0.300. The Morgan fingerprint density at radius 1 is 1.23 bits per heavy atom. The molecule has 3 aromatic rings. The van der Waals surface area contributed by atoms with Crippen LogP contribution in [0, 0.1) is 6.92 Å². The summed E-state index contributed by atoms with van der Waals surface area (Å²) in [7, 11) is 0. The summed E-state index contributed by atoms with van der Waals surface area (Å²) in [6.45, 7) is 2.77. The van der Waals surface area contributed by atoms with Gasteiger partial charge in [-0.1, -0.05) is 36.1 Å². The Balaban J connectivity index is 1.48. The SMILES string of the molecule is Cc1ccc2nc(NCCCO)c(C=C3SC(=S)N(Cc4ccc5c(c4)OCO5)C3=O)c(=O)n2c1. The van der Waals surface area contributed by atoms with E-state index in [1.807, 2.05) is 25.1 Å². The van der Waals surface area contributed by atoms with Gasteiger partial charge < -0.3 is 19.9 Å². The number of aromatic nitrogens is 2. The molecule has 0 unspecified atom stereocenters.